The van der Waals surface area contributed by atoms with Crippen molar-refractivity contribution in [1.29, 1.82) is 0 Å². The standard InChI is InChI=1S/C22H25ClN4O2/c1-22(2,3)27-20(25-21(28)16-9-11-19(23)24-14-16)13-17(26-27)10-8-15-6-5-7-18(12-15)29-4/h5-7,9,11-14H,8,10H2,1-4H3,(H,25,28). The molecule has 7 heteroatoms. The van der Waals surface area contributed by atoms with Gasteiger partial charge in [-0.2, -0.15) is 5.10 Å². The summed E-state index contributed by atoms with van der Waals surface area (Å²) in [4.78, 5) is 16.6. The first-order valence-electron chi connectivity index (χ1n) is 9.41. The lowest BCUT2D eigenvalue weighted by molar-refractivity contribution is 0.102. The van der Waals surface area contributed by atoms with Crippen molar-refractivity contribution in [1.82, 2.24) is 14.8 Å². The van der Waals surface area contributed by atoms with Gasteiger partial charge in [0.05, 0.1) is 23.9 Å². The third-order valence-electron chi connectivity index (χ3n) is 4.43. The van der Waals surface area contributed by atoms with E-state index in [0.29, 0.717) is 16.5 Å². The fourth-order valence-electron chi connectivity index (χ4n) is 2.95. The Labute approximate surface area is 175 Å². The number of anilines is 1. The van der Waals surface area contributed by atoms with Crippen LogP contribution in [0.15, 0.2) is 48.7 Å². The number of nitrogens with zero attached hydrogens (tertiary/aromatic N) is 3. The van der Waals surface area contributed by atoms with Crippen LogP contribution in [-0.4, -0.2) is 27.8 Å². The van der Waals surface area contributed by atoms with Crippen molar-refractivity contribution in [2.24, 2.45) is 0 Å². The zero-order valence-corrected chi connectivity index (χ0v) is 17.8. The molecule has 2 aromatic heterocycles. The zero-order valence-electron chi connectivity index (χ0n) is 17.1. The fourth-order valence-corrected chi connectivity index (χ4v) is 3.06. The van der Waals surface area contributed by atoms with E-state index in [1.54, 1.807) is 19.2 Å². The van der Waals surface area contributed by atoms with Crippen molar-refractivity contribution >= 4 is 23.3 Å². The van der Waals surface area contributed by atoms with Crippen LogP contribution < -0.4 is 10.1 Å². The van der Waals surface area contributed by atoms with E-state index in [1.807, 2.05) is 49.7 Å². The van der Waals surface area contributed by atoms with Crippen LogP contribution in [0.5, 0.6) is 5.75 Å². The van der Waals surface area contributed by atoms with Gasteiger partial charge in [0.15, 0.2) is 0 Å². The van der Waals surface area contributed by atoms with Crippen molar-refractivity contribution in [2.75, 3.05) is 12.4 Å². The summed E-state index contributed by atoms with van der Waals surface area (Å²) in [7, 11) is 1.66. The van der Waals surface area contributed by atoms with Crippen LogP contribution in [0.2, 0.25) is 5.15 Å². The Hall–Kier alpha value is -2.86. The first kappa shape index (κ1) is 20.9. The molecule has 3 rings (SSSR count). The smallest absolute Gasteiger partial charge is 0.258 e. The van der Waals surface area contributed by atoms with E-state index in [2.05, 4.69) is 16.4 Å². The monoisotopic (exact) mass is 412 g/mol. The molecular formula is C22H25ClN4O2. The number of ether oxygens (including phenoxy) is 1. The van der Waals surface area contributed by atoms with Crippen LogP contribution in [0.1, 0.15) is 42.4 Å². The van der Waals surface area contributed by atoms with Gasteiger partial charge in [0, 0.05) is 12.3 Å². The molecule has 0 saturated carbocycles. The molecule has 0 spiro atoms. The minimum atomic E-state index is -0.283. The molecule has 0 bridgehead atoms. The molecule has 29 heavy (non-hydrogen) atoms. The van der Waals surface area contributed by atoms with E-state index in [9.17, 15) is 4.79 Å². The maximum absolute atomic E-state index is 12.6. The Morgan fingerprint density at radius 1 is 1.17 bits per heavy atom. The number of aryl methyl sites for hydroxylation is 2. The van der Waals surface area contributed by atoms with E-state index in [-0.39, 0.29) is 11.4 Å². The molecule has 0 aliphatic heterocycles. The maximum atomic E-state index is 12.6. The van der Waals surface area contributed by atoms with Crippen molar-refractivity contribution in [3.63, 3.8) is 0 Å². The molecule has 0 unspecified atom stereocenters. The average Bonchev–Trinajstić information content (AvgIpc) is 3.10. The van der Waals surface area contributed by atoms with E-state index in [1.165, 1.54) is 11.8 Å². The first-order chi connectivity index (χ1) is 13.8. The Kier molecular flexibility index (Phi) is 6.23. The number of hydrogen-bond acceptors (Lipinski definition) is 4. The Balaban J connectivity index is 1.78. The maximum Gasteiger partial charge on any atom is 0.258 e. The molecular weight excluding hydrogens is 388 g/mol. The molecule has 0 aliphatic carbocycles. The van der Waals surface area contributed by atoms with Crippen LogP contribution in [0.4, 0.5) is 5.82 Å². The van der Waals surface area contributed by atoms with Crippen LogP contribution in [-0.2, 0) is 18.4 Å². The second-order valence-corrected chi connectivity index (χ2v) is 8.17. The predicted molar refractivity (Wildman–Crippen MR) is 115 cm³/mol. The van der Waals surface area contributed by atoms with Crippen LogP contribution >= 0.6 is 11.6 Å². The van der Waals surface area contributed by atoms with Gasteiger partial charge in [0.25, 0.3) is 5.91 Å². The molecule has 1 amide bonds. The fraction of sp³-hybridized carbons (Fsp3) is 0.318. The number of aromatic nitrogens is 3. The van der Waals surface area contributed by atoms with Gasteiger partial charge >= 0.3 is 0 Å². The number of amides is 1. The summed E-state index contributed by atoms with van der Waals surface area (Å²) >= 11 is 5.80. The summed E-state index contributed by atoms with van der Waals surface area (Å²) in [6.07, 6.45) is 3.04. The molecule has 0 aliphatic rings. The van der Waals surface area contributed by atoms with Gasteiger partial charge in [-0.15, -0.1) is 0 Å². The highest BCUT2D eigenvalue weighted by Crippen LogP contribution is 2.23. The summed E-state index contributed by atoms with van der Waals surface area (Å²) in [5, 5.41) is 8.03. The van der Waals surface area contributed by atoms with Crippen molar-refractivity contribution in [2.45, 2.75) is 39.2 Å². The summed E-state index contributed by atoms with van der Waals surface area (Å²) in [6.45, 7) is 6.14. The quantitative estimate of drug-likeness (QED) is 0.594. The van der Waals surface area contributed by atoms with Crippen molar-refractivity contribution < 1.29 is 9.53 Å². The van der Waals surface area contributed by atoms with Gasteiger partial charge in [0.2, 0.25) is 0 Å². The van der Waals surface area contributed by atoms with Gasteiger partial charge in [-0.05, 0) is 63.4 Å². The molecule has 2 heterocycles. The molecule has 6 nitrogen and oxygen atoms in total. The molecule has 0 fully saturated rings. The summed E-state index contributed by atoms with van der Waals surface area (Å²) < 4.78 is 7.13. The SMILES string of the molecule is COc1cccc(CCc2cc(NC(=O)c3ccc(Cl)nc3)n(C(C)(C)C)n2)c1. The largest absolute Gasteiger partial charge is 0.497 e. The number of nitrogens with one attached hydrogen (secondary N) is 1. The number of carbonyl (C=O) groups excluding carboxylic acids is 1. The topological polar surface area (TPSA) is 69.0 Å². The van der Waals surface area contributed by atoms with E-state index >= 15 is 0 Å². The minimum absolute atomic E-state index is 0.251. The van der Waals surface area contributed by atoms with Gasteiger partial charge < -0.3 is 10.1 Å². The van der Waals surface area contributed by atoms with E-state index < -0.39 is 0 Å². The lowest BCUT2D eigenvalue weighted by atomic mass is 10.1. The van der Waals surface area contributed by atoms with Crippen molar-refractivity contribution in [3.05, 3.63) is 70.6 Å². The van der Waals surface area contributed by atoms with Crippen LogP contribution in [0.25, 0.3) is 0 Å². The highest BCUT2D eigenvalue weighted by molar-refractivity contribution is 6.29. The Morgan fingerprint density at radius 2 is 1.97 bits per heavy atom. The number of methoxy groups -OCH3 is 1. The van der Waals surface area contributed by atoms with E-state index in [4.69, 9.17) is 21.4 Å². The minimum Gasteiger partial charge on any atom is -0.497 e. The van der Waals surface area contributed by atoms with Crippen molar-refractivity contribution in [3.8, 4) is 5.75 Å². The highest BCUT2D eigenvalue weighted by atomic mass is 35.5. The van der Waals surface area contributed by atoms with Crippen LogP contribution in [0, 0.1) is 0 Å². The number of benzene rings is 1. The molecule has 1 N–H and O–H groups in total. The normalized spacial score (nSPS) is 11.3. The summed E-state index contributed by atoms with van der Waals surface area (Å²) in [5.74, 6) is 1.24. The number of carbonyl (C=O) groups is 1. The number of hydrogen-bond donors (Lipinski definition) is 1. The number of halogens is 1. The van der Waals surface area contributed by atoms with Gasteiger partial charge in [0.1, 0.15) is 16.7 Å². The predicted octanol–water partition coefficient (Wildman–Crippen LogP) is 4.73. The number of pyridine rings is 1. The summed E-state index contributed by atoms with van der Waals surface area (Å²) in [6, 6.07) is 13.2. The zero-order chi connectivity index (χ0) is 21.0. The van der Waals surface area contributed by atoms with Crippen LogP contribution in [0.3, 0.4) is 0 Å². The molecule has 0 saturated heterocycles. The molecule has 0 atom stereocenters. The van der Waals surface area contributed by atoms with Gasteiger partial charge in [-0.3, -0.25) is 4.79 Å². The summed E-state index contributed by atoms with van der Waals surface area (Å²) in [5.41, 5.74) is 2.24. The lowest BCUT2D eigenvalue weighted by Crippen LogP contribution is -2.27. The lowest BCUT2D eigenvalue weighted by Gasteiger charge is -2.22. The third kappa shape index (κ3) is 5.35. The Bertz CT molecular complexity index is 991. The third-order valence-corrected chi connectivity index (χ3v) is 4.65. The van der Waals surface area contributed by atoms with Gasteiger partial charge in [-0.25, -0.2) is 9.67 Å². The highest BCUT2D eigenvalue weighted by Gasteiger charge is 2.21. The first-order valence-corrected chi connectivity index (χ1v) is 9.79. The molecule has 0 radical (unpaired) electrons. The molecule has 152 valence electrons. The van der Waals surface area contributed by atoms with E-state index in [0.717, 1.165) is 24.3 Å². The number of rotatable bonds is 6. The molecule has 1 aromatic carbocycles. The van der Waals surface area contributed by atoms with Gasteiger partial charge in [-0.1, -0.05) is 23.7 Å². The second-order valence-electron chi connectivity index (χ2n) is 7.78. The Morgan fingerprint density at radius 3 is 2.62 bits per heavy atom. The average molecular weight is 413 g/mol. The second kappa shape index (κ2) is 8.66. The molecule has 3 aromatic rings.